The zero-order chi connectivity index (χ0) is 16.3. The molecule has 0 aromatic rings. The lowest BCUT2D eigenvalue weighted by Crippen LogP contribution is -2.43. The number of aldehydes is 1. The number of carbonyl (C=O) groups excluding carboxylic acids is 3. The first-order chi connectivity index (χ1) is 10.1. The second-order valence-electron chi connectivity index (χ2n) is 3.97. The van der Waals surface area contributed by atoms with E-state index in [2.05, 4.69) is 0 Å². The molecule has 0 unspecified atom stereocenters. The summed E-state index contributed by atoms with van der Waals surface area (Å²) in [6.45, 7) is 7.42. The molecule has 0 fully saturated rings. The minimum atomic E-state index is -1.33. The van der Waals surface area contributed by atoms with Crippen LogP contribution in [0.1, 0.15) is 27.7 Å². The summed E-state index contributed by atoms with van der Waals surface area (Å²) in [6, 6.07) is 0. The molecule has 0 heterocycles. The monoisotopic (exact) mass is 304 g/mol. The van der Waals surface area contributed by atoms with Gasteiger partial charge in [0, 0.05) is 13.2 Å². The lowest BCUT2D eigenvalue weighted by atomic mass is 9.92. The van der Waals surface area contributed by atoms with Crippen molar-refractivity contribution < 1.29 is 33.3 Å². The molecule has 122 valence electrons. The van der Waals surface area contributed by atoms with Gasteiger partial charge < -0.3 is 23.7 Å². The lowest BCUT2D eigenvalue weighted by molar-refractivity contribution is -0.201. The fourth-order valence-electron chi connectivity index (χ4n) is 1.77. The van der Waals surface area contributed by atoms with Gasteiger partial charge in [-0.2, -0.15) is 0 Å². The Hall–Kier alpha value is -1.47. The van der Waals surface area contributed by atoms with Gasteiger partial charge in [-0.3, -0.25) is 9.59 Å². The molecule has 0 radical (unpaired) electrons. The standard InChI is InChI=1S/C14H24O7/c1-5-18-12(16)10(9-15)11(13(17)19-6-2)14(20-7-3)21-8-4/h9-11,14H,5-8H2,1-4H3/t10-,11+/m0/s1. The summed E-state index contributed by atoms with van der Waals surface area (Å²) in [7, 11) is 0. The molecule has 0 aromatic carbocycles. The lowest BCUT2D eigenvalue weighted by Gasteiger charge is -2.27. The van der Waals surface area contributed by atoms with Gasteiger partial charge in [-0.25, -0.2) is 0 Å². The Labute approximate surface area is 124 Å². The maximum Gasteiger partial charge on any atom is 0.317 e. The van der Waals surface area contributed by atoms with Crippen molar-refractivity contribution in [2.24, 2.45) is 11.8 Å². The minimum Gasteiger partial charge on any atom is -0.466 e. The molecule has 21 heavy (non-hydrogen) atoms. The van der Waals surface area contributed by atoms with Crippen molar-refractivity contribution in [3.05, 3.63) is 0 Å². The average molecular weight is 304 g/mol. The Bertz CT molecular complexity index is 323. The number of hydrogen-bond donors (Lipinski definition) is 0. The smallest absolute Gasteiger partial charge is 0.317 e. The van der Waals surface area contributed by atoms with Gasteiger partial charge in [0.2, 0.25) is 0 Å². The quantitative estimate of drug-likeness (QED) is 0.243. The summed E-state index contributed by atoms with van der Waals surface area (Å²) in [5.41, 5.74) is 0. The van der Waals surface area contributed by atoms with Crippen molar-refractivity contribution in [3.63, 3.8) is 0 Å². The topological polar surface area (TPSA) is 88.1 Å². The van der Waals surface area contributed by atoms with E-state index in [1.165, 1.54) is 0 Å². The van der Waals surface area contributed by atoms with Crippen molar-refractivity contribution in [1.82, 2.24) is 0 Å². The molecule has 0 saturated carbocycles. The van der Waals surface area contributed by atoms with E-state index in [0.29, 0.717) is 6.29 Å². The summed E-state index contributed by atoms with van der Waals surface area (Å²) in [4.78, 5) is 35.2. The summed E-state index contributed by atoms with van der Waals surface area (Å²) in [5.74, 6) is -4.04. The zero-order valence-corrected chi connectivity index (χ0v) is 13.0. The third kappa shape index (κ3) is 6.22. The fraction of sp³-hybridized carbons (Fsp3) is 0.786. The molecule has 2 atom stereocenters. The fourth-order valence-corrected chi connectivity index (χ4v) is 1.77. The van der Waals surface area contributed by atoms with E-state index < -0.39 is 30.1 Å². The molecule has 0 amide bonds. The van der Waals surface area contributed by atoms with Crippen LogP contribution in [0, 0.1) is 11.8 Å². The average Bonchev–Trinajstić information content (AvgIpc) is 2.44. The van der Waals surface area contributed by atoms with Crippen LogP contribution in [0.4, 0.5) is 0 Å². The summed E-state index contributed by atoms with van der Waals surface area (Å²) in [6.07, 6.45) is -0.677. The van der Waals surface area contributed by atoms with Crippen LogP contribution in [0.15, 0.2) is 0 Å². The van der Waals surface area contributed by atoms with E-state index in [1.807, 2.05) is 0 Å². The Kier molecular flexibility index (Phi) is 10.4. The van der Waals surface area contributed by atoms with Crippen LogP contribution >= 0.6 is 0 Å². The highest BCUT2D eigenvalue weighted by Gasteiger charge is 2.42. The molecule has 0 spiro atoms. The van der Waals surface area contributed by atoms with E-state index in [4.69, 9.17) is 18.9 Å². The van der Waals surface area contributed by atoms with Gasteiger partial charge in [0.05, 0.1) is 13.2 Å². The first kappa shape index (κ1) is 19.5. The van der Waals surface area contributed by atoms with Crippen LogP contribution in [0.5, 0.6) is 0 Å². The third-order valence-corrected chi connectivity index (χ3v) is 2.61. The zero-order valence-electron chi connectivity index (χ0n) is 13.0. The Morgan fingerprint density at radius 3 is 1.71 bits per heavy atom. The third-order valence-electron chi connectivity index (χ3n) is 2.61. The van der Waals surface area contributed by atoms with Gasteiger partial charge >= 0.3 is 11.9 Å². The highest BCUT2D eigenvalue weighted by atomic mass is 16.7. The van der Waals surface area contributed by atoms with E-state index in [9.17, 15) is 14.4 Å². The van der Waals surface area contributed by atoms with E-state index >= 15 is 0 Å². The molecular formula is C14H24O7. The van der Waals surface area contributed by atoms with Crippen LogP contribution in [0.25, 0.3) is 0 Å². The van der Waals surface area contributed by atoms with Crippen LogP contribution in [0.3, 0.4) is 0 Å². The molecule has 7 heteroatoms. The van der Waals surface area contributed by atoms with E-state index in [1.54, 1.807) is 27.7 Å². The van der Waals surface area contributed by atoms with Crippen LogP contribution in [-0.2, 0) is 33.3 Å². The van der Waals surface area contributed by atoms with Gasteiger partial charge in [0.15, 0.2) is 6.29 Å². The molecule has 0 aliphatic heterocycles. The molecular weight excluding hydrogens is 280 g/mol. The predicted octanol–water partition coefficient (Wildman–Crippen LogP) is 0.943. The van der Waals surface area contributed by atoms with Gasteiger partial charge in [-0.15, -0.1) is 0 Å². The molecule has 0 aliphatic rings. The number of carbonyl (C=O) groups is 3. The minimum absolute atomic E-state index is 0.104. The Morgan fingerprint density at radius 1 is 0.857 bits per heavy atom. The van der Waals surface area contributed by atoms with Crippen molar-refractivity contribution in [2.45, 2.75) is 34.0 Å². The first-order valence-electron chi connectivity index (χ1n) is 7.08. The SMILES string of the molecule is CCOC(=O)[C@@H](C=O)[C@H](C(=O)OCC)C(OCC)OCC. The predicted molar refractivity (Wildman–Crippen MR) is 73.4 cm³/mol. The van der Waals surface area contributed by atoms with Crippen LogP contribution < -0.4 is 0 Å². The second-order valence-corrected chi connectivity index (χ2v) is 3.97. The Balaban J connectivity index is 5.37. The molecule has 0 bridgehead atoms. The molecule has 0 saturated heterocycles. The normalized spacial score (nSPS) is 13.6. The first-order valence-corrected chi connectivity index (χ1v) is 7.08. The second kappa shape index (κ2) is 11.2. The van der Waals surface area contributed by atoms with Gasteiger partial charge in [0.25, 0.3) is 0 Å². The van der Waals surface area contributed by atoms with Crippen molar-refractivity contribution in [1.29, 1.82) is 0 Å². The van der Waals surface area contributed by atoms with Crippen molar-refractivity contribution in [3.8, 4) is 0 Å². The maximum absolute atomic E-state index is 12.1. The molecule has 0 aliphatic carbocycles. The number of esters is 2. The van der Waals surface area contributed by atoms with Gasteiger partial charge in [-0.1, -0.05) is 0 Å². The van der Waals surface area contributed by atoms with Crippen LogP contribution in [-0.4, -0.2) is 50.9 Å². The largest absolute Gasteiger partial charge is 0.466 e. The summed E-state index contributed by atoms with van der Waals surface area (Å²) in [5, 5.41) is 0. The highest BCUT2D eigenvalue weighted by Crippen LogP contribution is 2.22. The van der Waals surface area contributed by atoms with Crippen LogP contribution in [0.2, 0.25) is 0 Å². The molecule has 0 N–H and O–H groups in total. The Morgan fingerprint density at radius 2 is 1.33 bits per heavy atom. The number of hydrogen-bond acceptors (Lipinski definition) is 7. The highest BCUT2D eigenvalue weighted by molar-refractivity contribution is 5.93. The number of rotatable bonds is 11. The molecule has 0 aromatic heterocycles. The van der Waals surface area contributed by atoms with Crippen molar-refractivity contribution >= 4 is 18.2 Å². The molecule has 7 nitrogen and oxygen atoms in total. The molecule has 0 rings (SSSR count). The van der Waals surface area contributed by atoms with Crippen molar-refractivity contribution in [2.75, 3.05) is 26.4 Å². The summed E-state index contributed by atoms with van der Waals surface area (Å²) >= 11 is 0. The van der Waals surface area contributed by atoms with Gasteiger partial charge in [-0.05, 0) is 27.7 Å². The maximum atomic E-state index is 12.1. The summed E-state index contributed by atoms with van der Waals surface area (Å²) < 4.78 is 20.4. The van der Waals surface area contributed by atoms with Gasteiger partial charge in [0.1, 0.15) is 18.1 Å². The van der Waals surface area contributed by atoms with E-state index in [-0.39, 0.29) is 26.4 Å². The van der Waals surface area contributed by atoms with E-state index in [0.717, 1.165) is 0 Å². The number of ether oxygens (including phenoxy) is 4.